The number of guanidine groups is 1. The molecule has 0 bridgehead atoms. The van der Waals surface area contributed by atoms with Gasteiger partial charge in [-0.25, -0.2) is 4.99 Å². The zero-order chi connectivity index (χ0) is 15.2. The van der Waals surface area contributed by atoms with Crippen molar-refractivity contribution in [1.82, 2.24) is 15.5 Å². The van der Waals surface area contributed by atoms with E-state index in [1.807, 2.05) is 0 Å². The minimum Gasteiger partial charge on any atom is -0.357 e. The molecule has 0 spiro atoms. The molecule has 0 radical (unpaired) electrons. The number of aryl methyl sites for hydroxylation is 1. The number of thiophene rings is 1. The maximum Gasteiger partial charge on any atom is 0.191 e. The zero-order valence-corrected chi connectivity index (χ0v) is 17.1. The highest BCUT2D eigenvalue weighted by Gasteiger charge is 2.20. The number of halogens is 1. The summed E-state index contributed by atoms with van der Waals surface area (Å²) >= 11 is 1.81. The van der Waals surface area contributed by atoms with Crippen LogP contribution >= 0.6 is 35.3 Å². The van der Waals surface area contributed by atoms with Crippen molar-refractivity contribution in [1.29, 1.82) is 0 Å². The van der Waals surface area contributed by atoms with Crippen molar-refractivity contribution < 1.29 is 0 Å². The third-order valence-corrected chi connectivity index (χ3v) is 4.42. The van der Waals surface area contributed by atoms with Gasteiger partial charge in [-0.15, -0.1) is 35.3 Å². The number of hydrogen-bond acceptors (Lipinski definition) is 3. The Morgan fingerprint density at radius 3 is 2.43 bits per heavy atom. The third-order valence-electron chi connectivity index (χ3n) is 3.43. The second-order valence-corrected chi connectivity index (χ2v) is 7.14. The van der Waals surface area contributed by atoms with Crippen LogP contribution in [0.4, 0.5) is 0 Å². The minimum atomic E-state index is 0. The molecule has 0 aliphatic carbocycles. The molecule has 0 saturated carbocycles. The average molecular weight is 424 g/mol. The molecule has 0 unspecified atom stereocenters. The maximum absolute atomic E-state index is 4.65. The Morgan fingerprint density at radius 1 is 1.29 bits per heavy atom. The van der Waals surface area contributed by atoms with Crippen LogP contribution in [0.3, 0.4) is 0 Å². The van der Waals surface area contributed by atoms with Crippen LogP contribution in [0.5, 0.6) is 0 Å². The lowest BCUT2D eigenvalue weighted by Gasteiger charge is -2.33. The monoisotopic (exact) mass is 424 g/mol. The van der Waals surface area contributed by atoms with Crippen LogP contribution in [0.15, 0.2) is 17.1 Å². The number of nitrogens with one attached hydrogen (secondary N) is 2. The predicted molar refractivity (Wildman–Crippen MR) is 105 cm³/mol. The summed E-state index contributed by atoms with van der Waals surface area (Å²) in [5.74, 6) is 0.883. The highest BCUT2D eigenvalue weighted by molar-refractivity contribution is 14.0. The third kappa shape index (κ3) is 7.46. The molecular formula is C15H29IN4S. The van der Waals surface area contributed by atoms with Crippen LogP contribution in [0.2, 0.25) is 0 Å². The van der Waals surface area contributed by atoms with Crippen molar-refractivity contribution in [2.24, 2.45) is 4.99 Å². The number of aliphatic imine (C=N–C) groups is 1. The molecule has 0 saturated heterocycles. The summed E-state index contributed by atoms with van der Waals surface area (Å²) in [6.45, 7) is 11.1. The molecule has 1 heterocycles. The summed E-state index contributed by atoms with van der Waals surface area (Å²) in [5, 5.41) is 6.72. The van der Waals surface area contributed by atoms with E-state index >= 15 is 0 Å². The van der Waals surface area contributed by atoms with E-state index in [-0.39, 0.29) is 29.5 Å². The lowest BCUT2D eigenvalue weighted by Crippen LogP contribution is -2.50. The molecule has 1 rings (SSSR count). The Morgan fingerprint density at radius 2 is 1.95 bits per heavy atom. The molecule has 2 N–H and O–H groups in total. The molecule has 1 aromatic rings. The first kappa shape index (κ1) is 20.7. The van der Waals surface area contributed by atoms with E-state index in [2.05, 4.69) is 74.4 Å². The van der Waals surface area contributed by atoms with Gasteiger partial charge in [0.1, 0.15) is 0 Å². The first-order valence-corrected chi connectivity index (χ1v) is 7.91. The lowest BCUT2D eigenvalue weighted by atomic mass is 10.0. The van der Waals surface area contributed by atoms with Crippen LogP contribution in [0, 0.1) is 6.92 Å². The predicted octanol–water partition coefficient (Wildman–Crippen LogP) is 3.07. The standard InChI is InChI=1S/C15H28N4S.HI/c1-7-16-14(18-11-15(3,4)19(5)6)17-10-13-9-8-12(2)20-13;/h8-9H,7,10-11H2,1-6H3,(H2,16,17,18);1H. The molecule has 4 nitrogen and oxygen atoms in total. The molecule has 0 aromatic carbocycles. The first-order chi connectivity index (χ1) is 9.35. The van der Waals surface area contributed by atoms with E-state index in [9.17, 15) is 0 Å². The van der Waals surface area contributed by atoms with E-state index < -0.39 is 0 Å². The molecule has 21 heavy (non-hydrogen) atoms. The van der Waals surface area contributed by atoms with E-state index in [4.69, 9.17) is 0 Å². The Balaban J connectivity index is 0.00000400. The minimum absolute atomic E-state index is 0. The summed E-state index contributed by atoms with van der Waals surface area (Å²) in [6, 6.07) is 4.29. The van der Waals surface area contributed by atoms with Gasteiger partial charge in [0.05, 0.1) is 6.54 Å². The van der Waals surface area contributed by atoms with Crippen molar-refractivity contribution in [3.63, 3.8) is 0 Å². The van der Waals surface area contributed by atoms with Gasteiger partial charge >= 0.3 is 0 Å². The maximum atomic E-state index is 4.65. The zero-order valence-electron chi connectivity index (χ0n) is 14.0. The number of rotatable bonds is 6. The SMILES string of the molecule is CCNC(=NCc1ccc(C)s1)NCC(C)(C)N(C)C.I. The van der Waals surface area contributed by atoms with Crippen molar-refractivity contribution >= 4 is 41.3 Å². The van der Waals surface area contributed by atoms with Crippen molar-refractivity contribution in [3.05, 3.63) is 21.9 Å². The van der Waals surface area contributed by atoms with Crippen LogP contribution < -0.4 is 10.6 Å². The van der Waals surface area contributed by atoms with Crippen LogP contribution in [-0.2, 0) is 6.54 Å². The Kier molecular flexibility index (Phi) is 9.48. The topological polar surface area (TPSA) is 39.7 Å². The normalized spacial score (nSPS) is 12.2. The Labute approximate surface area is 150 Å². The smallest absolute Gasteiger partial charge is 0.191 e. The first-order valence-electron chi connectivity index (χ1n) is 7.10. The second kappa shape index (κ2) is 9.63. The van der Waals surface area contributed by atoms with Crippen LogP contribution in [-0.4, -0.2) is 43.6 Å². The fourth-order valence-electron chi connectivity index (χ4n) is 1.53. The highest BCUT2D eigenvalue weighted by Crippen LogP contribution is 2.15. The molecule has 1 aromatic heterocycles. The van der Waals surface area contributed by atoms with Gasteiger partial charge in [-0.2, -0.15) is 0 Å². The van der Waals surface area contributed by atoms with Gasteiger partial charge in [-0.3, -0.25) is 0 Å². The second-order valence-electron chi connectivity index (χ2n) is 5.77. The molecule has 0 fully saturated rings. The van der Waals surface area contributed by atoms with Gasteiger partial charge in [0.15, 0.2) is 5.96 Å². The molecule has 0 aliphatic rings. The summed E-state index contributed by atoms with van der Waals surface area (Å²) in [7, 11) is 4.19. The number of hydrogen-bond donors (Lipinski definition) is 2. The van der Waals surface area contributed by atoms with Gasteiger partial charge in [-0.1, -0.05) is 0 Å². The molecule has 6 heteroatoms. The highest BCUT2D eigenvalue weighted by atomic mass is 127. The van der Waals surface area contributed by atoms with Crippen molar-refractivity contribution in [2.75, 3.05) is 27.2 Å². The molecule has 0 amide bonds. The number of nitrogens with zero attached hydrogens (tertiary/aromatic N) is 2. The summed E-state index contributed by atoms with van der Waals surface area (Å²) < 4.78 is 0. The molecule has 122 valence electrons. The van der Waals surface area contributed by atoms with E-state index in [1.165, 1.54) is 9.75 Å². The van der Waals surface area contributed by atoms with Gasteiger partial charge in [0, 0.05) is 28.4 Å². The summed E-state index contributed by atoms with van der Waals surface area (Å²) in [5.41, 5.74) is 0.0930. The largest absolute Gasteiger partial charge is 0.357 e. The quantitative estimate of drug-likeness (QED) is 0.419. The summed E-state index contributed by atoms with van der Waals surface area (Å²) in [6.07, 6.45) is 0. The number of likely N-dealkylation sites (N-methyl/N-ethyl adjacent to an activating group) is 1. The van der Waals surface area contributed by atoms with Gasteiger partial charge < -0.3 is 15.5 Å². The van der Waals surface area contributed by atoms with E-state index in [0.29, 0.717) is 0 Å². The Hall–Kier alpha value is -0.340. The fourth-order valence-corrected chi connectivity index (χ4v) is 2.34. The van der Waals surface area contributed by atoms with Crippen molar-refractivity contribution in [3.8, 4) is 0 Å². The molecule has 0 atom stereocenters. The Bertz CT molecular complexity index is 441. The van der Waals surface area contributed by atoms with Gasteiger partial charge in [-0.05, 0) is 53.9 Å². The summed E-state index contributed by atoms with van der Waals surface area (Å²) in [4.78, 5) is 9.49. The van der Waals surface area contributed by atoms with Crippen LogP contribution in [0.1, 0.15) is 30.5 Å². The van der Waals surface area contributed by atoms with Crippen molar-refractivity contribution in [2.45, 2.75) is 39.8 Å². The molecule has 0 aliphatic heterocycles. The van der Waals surface area contributed by atoms with E-state index in [1.54, 1.807) is 11.3 Å². The van der Waals surface area contributed by atoms with Gasteiger partial charge in [0.2, 0.25) is 0 Å². The molecular weight excluding hydrogens is 395 g/mol. The van der Waals surface area contributed by atoms with E-state index in [0.717, 1.165) is 25.6 Å². The fraction of sp³-hybridized carbons (Fsp3) is 0.667. The van der Waals surface area contributed by atoms with Crippen LogP contribution in [0.25, 0.3) is 0 Å². The average Bonchev–Trinajstić information content (AvgIpc) is 2.78. The van der Waals surface area contributed by atoms with Gasteiger partial charge in [0.25, 0.3) is 0 Å². The lowest BCUT2D eigenvalue weighted by molar-refractivity contribution is 0.197.